The van der Waals surface area contributed by atoms with Crippen molar-refractivity contribution in [3.8, 4) is 0 Å². The van der Waals surface area contributed by atoms with Crippen LogP contribution in [0.1, 0.15) is 33.6 Å². The van der Waals surface area contributed by atoms with E-state index >= 15 is 0 Å². The maximum Gasteiger partial charge on any atom is 0.143 e. The van der Waals surface area contributed by atoms with Gasteiger partial charge in [0.05, 0.1) is 0 Å². The molecule has 1 aliphatic rings. The average molecular weight is 213 g/mol. The van der Waals surface area contributed by atoms with Crippen LogP contribution in [0.2, 0.25) is 0 Å². The Morgan fingerprint density at radius 1 is 1.53 bits per heavy atom. The Morgan fingerprint density at radius 3 is 2.80 bits per heavy atom. The third kappa shape index (κ3) is 3.38. The summed E-state index contributed by atoms with van der Waals surface area (Å²) in [5, 5.41) is 11.7. The van der Waals surface area contributed by atoms with Crippen molar-refractivity contribution in [3.63, 3.8) is 0 Å². The lowest BCUT2D eigenvalue weighted by Gasteiger charge is -2.38. The first kappa shape index (κ1) is 12.3. The Hall–Kier alpha value is -0.770. The van der Waals surface area contributed by atoms with Crippen LogP contribution < -0.4 is 5.73 Å². The van der Waals surface area contributed by atoms with Crippen LogP contribution in [0.3, 0.4) is 0 Å². The quantitative estimate of drug-likeness (QED) is 0.323. The minimum Gasteiger partial charge on any atom is -0.409 e. The van der Waals surface area contributed by atoms with Gasteiger partial charge < -0.3 is 10.9 Å². The van der Waals surface area contributed by atoms with E-state index in [1.807, 2.05) is 6.92 Å². The predicted octanol–water partition coefficient (Wildman–Crippen LogP) is 1.49. The summed E-state index contributed by atoms with van der Waals surface area (Å²) >= 11 is 0. The molecule has 0 aromatic carbocycles. The summed E-state index contributed by atoms with van der Waals surface area (Å²) in [4.78, 5) is 2.44. The van der Waals surface area contributed by atoms with E-state index in [-0.39, 0.29) is 5.92 Å². The number of hydrogen-bond donors (Lipinski definition) is 2. The van der Waals surface area contributed by atoms with Crippen molar-refractivity contribution in [2.24, 2.45) is 22.7 Å². The second kappa shape index (κ2) is 5.35. The lowest BCUT2D eigenvalue weighted by atomic mass is 9.94. The van der Waals surface area contributed by atoms with E-state index in [1.165, 1.54) is 12.8 Å². The van der Waals surface area contributed by atoms with Crippen LogP contribution in [0.15, 0.2) is 5.16 Å². The van der Waals surface area contributed by atoms with Gasteiger partial charge in [-0.3, -0.25) is 4.90 Å². The highest BCUT2D eigenvalue weighted by molar-refractivity contribution is 5.82. The molecule has 1 saturated heterocycles. The van der Waals surface area contributed by atoms with Gasteiger partial charge in [-0.05, 0) is 25.7 Å². The highest BCUT2D eigenvalue weighted by atomic mass is 16.4. The SMILES string of the molecule is CC1CCC(C)N(CC(C)C(N)=NO)C1. The molecule has 15 heavy (non-hydrogen) atoms. The minimum absolute atomic E-state index is 0.128. The molecule has 1 heterocycles. The van der Waals surface area contributed by atoms with Gasteiger partial charge in [0.2, 0.25) is 0 Å². The molecule has 0 aromatic rings. The first-order chi connectivity index (χ1) is 7.04. The molecule has 0 saturated carbocycles. The normalized spacial score (nSPS) is 31.5. The molecule has 4 heteroatoms. The molecule has 0 bridgehead atoms. The van der Waals surface area contributed by atoms with E-state index in [0.717, 1.165) is 19.0 Å². The number of hydrogen-bond acceptors (Lipinski definition) is 3. The standard InChI is InChI=1S/C11H23N3O/c1-8-4-5-10(3)14(6-8)7-9(2)11(12)13-15/h8-10,15H,4-7H2,1-3H3,(H2,12,13). The van der Waals surface area contributed by atoms with Crippen LogP contribution in [0, 0.1) is 11.8 Å². The fourth-order valence-electron chi connectivity index (χ4n) is 2.18. The zero-order chi connectivity index (χ0) is 11.4. The second-order valence-corrected chi connectivity index (χ2v) is 4.91. The van der Waals surface area contributed by atoms with Crippen LogP contribution in [-0.2, 0) is 0 Å². The molecule has 1 aliphatic heterocycles. The van der Waals surface area contributed by atoms with E-state index in [4.69, 9.17) is 10.9 Å². The van der Waals surface area contributed by atoms with Gasteiger partial charge in [0, 0.05) is 25.0 Å². The van der Waals surface area contributed by atoms with Gasteiger partial charge in [0.25, 0.3) is 0 Å². The van der Waals surface area contributed by atoms with E-state index in [0.29, 0.717) is 11.9 Å². The third-order valence-electron chi connectivity index (χ3n) is 3.38. The van der Waals surface area contributed by atoms with Crippen LogP contribution in [-0.4, -0.2) is 35.1 Å². The van der Waals surface area contributed by atoms with E-state index < -0.39 is 0 Å². The molecule has 3 unspecified atom stereocenters. The van der Waals surface area contributed by atoms with Crippen molar-refractivity contribution < 1.29 is 5.21 Å². The Morgan fingerprint density at radius 2 is 2.20 bits per heavy atom. The summed E-state index contributed by atoms with van der Waals surface area (Å²) in [5.41, 5.74) is 5.59. The molecule has 0 aliphatic carbocycles. The Labute approximate surface area is 92.1 Å². The Bertz CT molecular complexity index is 230. The van der Waals surface area contributed by atoms with Crippen molar-refractivity contribution in [2.45, 2.75) is 39.7 Å². The Balaban J connectivity index is 2.48. The largest absolute Gasteiger partial charge is 0.409 e. The first-order valence-electron chi connectivity index (χ1n) is 5.76. The van der Waals surface area contributed by atoms with Gasteiger partial charge in [-0.2, -0.15) is 0 Å². The summed E-state index contributed by atoms with van der Waals surface area (Å²) in [6.45, 7) is 8.56. The fourth-order valence-corrected chi connectivity index (χ4v) is 2.18. The van der Waals surface area contributed by atoms with Crippen molar-refractivity contribution in [1.29, 1.82) is 0 Å². The first-order valence-corrected chi connectivity index (χ1v) is 5.76. The summed E-state index contributed by atoms with van der Waals surface area (Å²) in [6, 6.07) is 0.621. The lowest BCUT2D eigenvalue weighted by molar-refractivity contribution is 0.117. The molecule has 4 nitrogen and oxygen atoms in total. The van der Waals surface area contributed by atoms with Gasteiger partial charge in [-0.1, -0.05) is 19.0 Å². The molecule has 0 radical (unpaired) electrons. The van der Waals surface area contributed by atoms with Gasteiger partial charge in [0.15, 0.2) is 0 Å². The highest BCUT2D eigenvalue weighted by Gasteiger charge is 2.24. The van der Waals surface area contributed by atoms with Crippen LogP contribution in [0.5, 0.6) is 0 Å². The summed E-state index contributed by atoms with van der Waals surface area (Å²) < 4.78 is 0. The lowest BCUT2D eigenvalue weighted by Crippen LogP contribution is -2.45. The van der Waals surface area contributed by atoms with Crippen LogP contribution in [0.25, 0.3) is 0 Å². The average Bonchev–Trinajstić information content (AvgIpc) is 2.22. The van der Waals surface area contributed by atoms with Crippen molar-refractivity contribution >= 4 is 5.84 Å². The van der Waals surface area contributed by atoms with Crippen molar-refractivity contribution in [3.05, 3.63) is 0 Å². The zero-order valence-electron chi connectivity index (χ0n) is 9.98. The number of oxime groups is 1. The fraction of sp³-hybridized carbons (Fsp3) is 0.909. The molecule has 3 atom stereocenters. The van der Waals surface area contributed by atoms with Gasteiger partial charge in [0.1, 0.15) is 5.84 Å². The topological polar surface area (TPSA) is 61.8 Å². The van der Waals surface area contributed by atoms with Crippen LogP contribution >= 0.6 is 0 Å². The monoisotopic (exact) mass is 213 g/mol. The van der Waals surface area contributed by atoms with Gasteiger partial charge >= 0.3 is 0 Å². The van der Waals surface area contributed by atoms with E-state index in [9.17, 15) is 0 Å². The third-order valence-corrected chi connectivity index (χ3v) is 3.38. The maximum absolute atomic E-state index is 8.60. The molecule has 88 valence electrons. The summed E-state index contributed by atoms with van der Waals surface area (Å²) in [5.74, 6) is 1.23. The molecule has 1 rings (SSSR count). The molecule has 0 amide bonds. The highest BCUT2D eigenvalue weighted by Crippen LogP contribution is 2.22. The molecular formula is C11H23N3O. The van der Waals surface area contributed by atoms with Gasteiger partial charge in [-0.15, -0.1) is 0 Å². The molecule has 1 fully saturated rings. The number of nitrogens with zero attached hydrogens (tertiary/aromatic N) is 2. The van der Waals surface area contributed by atoms with Crippen molar-refractivity contribution in [2.75, 3.05) is 13.1 Å². The van der Waals surface area contributed by atoms with Gasteiger partial charge in [-0.25, -0.2) is 0 Å². The summed E-state index contributed by atoms with van der Waals surface area (Å²) in [7, 11) is 0. The predicted molar refractivity (Wildman–Crippen MR) is 62.0 cm³/mol. The molecule has 0 spiro atoms. The van der Waals surface area contributed by atoms with E-state index in [2.05, 4.69) is 23.9 Å². The maximum atomic E-state index is 8.60. The van der Waals surface area contributed by atoms with E-state index in [1.54, 1.807) is 0 Å². The number of amidine groups is 1. The Kier molecular flexibility index (Phi) is 4.39. The smallest absolute Gasteiger partial charge is 0.143 e. The van der Waals surface area contributed by atoms with Crippen molar-refractivity contribution in [1.82, 2.24) is 4.90 Å². The zero-order valence-corrected chi connectivity index (χ0v) is 9.98. The van der Waals surface area contributed by atoms with Crippen LogP contribution in [0.4, 0.5) is 0 Å². The summed E-state index contributed by atoms with van der Waals surface area (Å²) in [6.07, 6.45) is 2.57. The molecule has 0 aromatic heterocycles. The number of likely N-dealkylation sites (tertiary alicyclic amines) is 1. The second-order valence-electron chi connectivity index (χ2n) is 4.91. The number of nitrogens with two attached hydrogens (primary N) is 1. The number of rotatable bonds is 3. The molecule has 3 N–H and O–H groups in total. The molecular weight excluding hydrogens is 190 g/mol. The number of piperidine rings is 1. The minimum atomic E-state index is 0.128.